The molecule has 0 aliphatic carbocycles. The number of hydrogen-bond acceptors (Lipinski definition) is 1. The molecule has 1 rings (SSSR count). The van der Waals surface area contributed by atoms with E-state index in [9.17, 15) is 4.79 Å². The van der Waals surface area contributed by atoms with E-state index in [2.05, 4.69) is 47.8 Å². The van der Waals surface area contributed by atoms with Crippen LogP contribution in [0.25, 0.3) is 0 Å². The number of hydrogen-bond donors (Lipinski definition) is 1. The highest BCUT2D eigenvalue weighted by Crippen LogP contribution is 2.35. The van der Waals surface area contributed by atoms with E-state index in [1.54, 1.807) is 7.05 Å². The van der Waals surface area contributed by atoms with Crippen molar-refractivity contribution in [3.8, 4) is 0 Å². The van der Waals surface area contributed by atoms with Crippen molar-refractivity contribution < 1.29 is 9.90 Å². The van der Waals surface area contributed by atoms with Crippen molar-refractivity contribution >= 4 is 53.8 Å². The highest BCUT2D eigenvalue weighted by Gasteiger charge is 2.20. The second kappa shape index (κ2) is 3.51. The van der Waals surface area contributed by atoms with Crippen molar-refractivity contribution in [3.05, 3.63) is 19.2 Å². The molecule has 0 spiro atoms. The molecular weight excluding hydrogens is 358 g/mol. The number of carboxylic acid groups (broad SMARTS) is 1. The molecule has 12 heavy (non-hydrogen) atoms. The van der Waals surface area contributed by atoms with Crippen molar-refractivity contribution in [1.29, 1.82) is 0 Å². The molecule has 0 fully saturated rings. The molecule has 1 aromatic heterocycles. The Labute approximate surface area is 94.1 Å². The number of aromatic nitrogens is 1. The van der Waals surface area contributed by atoms with Crippen LogP contribution in [0, 0.1) is 0 Å². The minimum atomic E-state index is -0.962. The summed E-state index contributed by atoms with van der Waals surface area (Å²) in [5, 5.41) is 8.79. The van der Waals surface area contributed by atoms with Crippen LogP contribution in [-0.4, -0.2) is 15.6 Å². The fourth-order valence-corrected chi connectivity index (χ4v) is 2.54. The standard InChI is InChI=1S/C6H4Br3NO2/c1-10-4(6(11)12)2(7)3(8)5(10)9/h1H3,(H,11,12). The highest BCUT2D eigenvalue weighted by atomic mass is 79.9. The van der Waals surface area contributed by atoms with Gasteiger partial charge in [0.15, 0.2) is 0 Å². The molecule has 0 atom stereocenters. The summed E-state index contributed by atoms with van der Waals surface area (Å²) in [6.45, 7) is 0. The third kappa shape index (κ3) is 1.47. The van der Waals surface area contributed by atoms with Crippen molar-refractivity contribution in [2.24, 2.45) is 7.05 Å². The summed E-state index contributed by atoms with van der Waals surface area (Å²) in [4.78, 5) is 10.7. The minimum absolute atomic E-state index is 0.216. The average molecular weight is 362 g/mol. The van der Waals surface area contributed by atoms with Crippen molar-refractivity contribution in [2.45, 2.75) is 0 Å². The molecule has 1 N–H and O–H groups in total. The van der Waals surface area contributed by atoms with Crippen molar-refractivity contribution in [1.82, 2.24) is 4.57 Å². The van der Waals surface area contributed by atoms with Gasteiger partial charge in [-0.15, -0.1) is 0 Å². The highest BCUT2D eigenvalue weighted by molar-refractivity contribution is 9.14. The van der Waals surface area contributed by atoms with Crippen LogP contribution in [0.3, 0.4) is 0 Å². The third-order valence-electron chi connectivity index (χ3n) is 1.41. The number of aromatic carboxylic acids is 1. The van der Waals surface area contributed by atoms with Crippen LogP contribution in [-0.2, 0) is 7.05 Å². The van der Waals surface area contributed by atoms with Gasteiger partial charge in [-0.2, -0.15) is 0 Å². The van der Waals surface area contributed by atoms with Gasteiger partial charge in [0.05, 0.1) is 8.95 Å². The molecule has 0 aliphatic heterocycles. The van der Waals surface area contributed by atoms with Gasteiger partial charge >= 0.3 is 5.97 Å². The molecule has 3 nitrogen and oxygen atoms in total. The quantitative estimate of drug-likeness (QED) is 0.835. The zero-order valence-corrected chi connectivity index (χ0v) is 10.7. The van der Waals surface area contributed by atoms with Crippen LogP contribution in [0.15, 0.2) is 13.5 Å². The van der Waals surface area contributed by atoms with Gasteiger partial charge in [-0.1, -0.05) is 0 Å². The van der Waals surface area contributed by atoms with Crippen LogP contribution in [0.2, 0.25) is 0 Å². The van der Waals surface area contributed by atoms with E-state index in [0.29, 0.717) is 13.5 Å². The lowest BCUT2D eigenvalue weighted by molar-refractivity contribution is 0.0685. The van der Waals surface area contributed by atoms with Crippen LogP contribution < -0.4 is 0 Å². The Bertz CT molecular complexity index is 320. The second-order valence-electron chi connectivity index (χ2n) is 2.13. The van der Waals surface area contributed by atoms with Gasteiger partial charge in [0, 0.05) is 7.05 Å². The van der Waals surface area contributed by atoms with E-state index in [-0.39, 0.29) is 5.69 Å². The van der Waals surface area contributed by atoms with Gasteiger partial charge in [-0.25, -0.2) is 4.79 Å². The maximum absolute atomic E-state index is 10.7. The SMILES string of the molecule is Cn1c(Br)c(Br)c(Br)c1C(=O)O. The third-order valence-corrected chi connectivity index (χ3v) is 4.95. The van der Waals surface area contributed by atoms with Crippen LogP contribution in [0.1, 0.15) is 10.5 Å². The first-order valence-electron chi connectivity index (χ1n) is 2.89. The topological polar surface area (TPSA) is 42.2 Å². The molecule has 0 amide bonds. The van der Waals surface area contributed by atoms with E-state index >= 15 is 0 Å². The van der Waals surface area contributed by atoms with E-state index in [4.69, 9.17) is 5.11 Å². The number of carbonyl (C=O) groups is 1. The summed E-state index contributed by atoms with van der Waals surface area (Å²) in [6, 6.07) is 0. The minimum Gasteiger partial charge on any atom is -0.477 e. The summed E-state index contributed by atoms with van der Waals surface area (Å²) in [7, 11) is 1.67. The average Bonchev–Trinajstić information content (AvgIpc) is 2.16. The lowest BCUT2D eigenvalue weighted by Crippen LogP contribution is -2.04. The summed E-state index contributed by atoms with van der Waals surface area (Å²) in [5.41, 5.74) is 0.216. The first kappa shape index (κ1) is 10.3. The first-order valence-corrected chi connectivity index (χ1v) is 5.27. The van der Waals surface area contributed by atoms with E-state index in [1.165, 1.54) is 4.57 Å². The Morgan fingerprint density at radius 3 is 2.00 bits per heavy atom. The van der Waals surface area contributed by atoms with Gasteiger partial charge in [0.25, 0.3) is 0 Å². The second-order valence-corrected chi connectivity index (χ2v) is 4.47. The molecule has 1 heterocycles. The van der Waals surface area contributed by atoms with Gasteiger partial charge in [0.1, 0.15) is 10.3 Å². The Morgan fingerprint density at radius 1 is 1.33 bits per heavy atom. The Balaban J connectivity index is 3.48. The maximum Gasteiger partial charge on any atom is 0.353 e. The molecule has 66 valence electrons. The van der Waals surface area contributed by atoms with E-state index in [0.717, 1.165) is 0 Å². The predicted octanol–water partition coefficient (Wildman–Crippen LogP) is 3.01. The molecule has 0 unspecified atom stereocenters. The number of carboxylic acids is 1. The molecule has 0 saturated heterocycles. The molecular formula is C6H4Br3NO2. The lowest BCUT2D eigenvalue weighted by Gasteiger charge is -1.97. The van der Waals surface area contributed by atoms with Crippen molar-refractivity contribution in [3.63, 3.8) is 0 Å². The monoisotopic (exact) mass is 359 g/mol. The first-order chi connectivity index (χ1) is 5.46. The van der Waals surface area contributed by atoms with Gasteiger partial charge in [-0.3, -0.25) is 0 Å². The molecule has 0 radical (unpaired) electrons. The zero-order valence-electron chi connectivity index (χ0n) is 5.94. The molecule has 1 aromatic rings. The van der Waals surface area contributed by atoms with Crippen LogP contribution in [0.4, 0.5) is 0 Å². The van der Waals surface area contributed by atoms with E-state index in [1.807, 2.05) is 0 Å². The normalized spacial score (nSPS) is 10.3. The van der Waals surface area contributed by atoms with Gasteiger partial charge < -0.3 is 9.67 Å². The van der Waals surface area contributed by atoms with Crippen LogP contribution in [0.5, 0.6) is 0 Å². The summed E-state index contributed by atoms with van der Waals surface area (Å²) >= 11 is 9.66. The zero-order chi connectivity index (χ0) is 9.46. The fraction of sp³-hybridized carbons (Fsp3) is 0.167. The maximum atomic E-state index is 10.7. The molecule has 0 aromatic carbocycles. The van der Waals surface area contributed by atoms with E-state index < -0.39 is 5.97 Å². The number of halogens is 3. The number of nitrogens with zero attached hydrogens (tertiary/aromatic N) is 1. The van der Waals surface area contributed by atoms with Gasteiger partial charge in [-0.05, 0) is 47.8 Å². The molecule has 0 saturated carbocycles. The Morgan fingerprint density at radius 2 is 1.83 bits per heavy atom. The molecule has 0 bridgehead atoms. The van der Waals surface area contributed by atoms with Crippen molar-refractivity contribution in [2.75, 3.05) is 0 Å². The Hall–Kier alpha value is 0.190. The summed E-state index contributed by atoms with van der Waals surface area (Å²) in [5.74, 6) is -0.962. The summed E-state index contributed by atoms with van der Waals surface area (Å²) < 4.78 is 3.50. The predicted molar refractivity (Wildman–Crippen MR) is 55.5 cm³/mol. The Kier molecular flexibility index (Phi) is 3.01. The molecule has 0 aliphatic rings. The lowest BCUT2D eigenvalue weighted by atomic mass is 10.4. The smallest absolute Gasteiger partial charge is 0.353 e. The molecule has 6 heteroatoms. The number of rotatable bonds is 1. The largest absolute Gasteiger partial charge is 0.477 e. The van der Waals surface area contributed by atoms with Crippen LogP contribution >= 0.6 is 47.8 Å². The van der Waals surface area contributed by atoms with Gasteiger partial charge in [0.2, 0.25) is 0 Å². The fourth-order valence-electron chi connectivity index (χ4n) is 0.824. The summed E-state index contributed by atoms with van der Waals surface area (Å²) in [6.07, 6.45) is 0.